The molecule has 1 aromatic carbocycles. The molecule has 1 aromatic rings. The number of halogens is 1. The topological polar surface area (TPSA) is 58.4 Å². The number of nitrogens with two attached hydrogens (primary N) is 1. The van der Waals surface area contributed by atoms with Gasteiger partial charge in [0.2, 0.25) is 0 Å². The summed E-state index contributed by atoms with van der Waals surface area (Å²) in [6.07, 6.45) is 7.37. The van der Waals surface area contributed by atoms with Gasteiger partial charge in [-0.05, 0) is 49.2 Å². The van der Waals surface area contributed by atoms with E-state index in [2.05, 4.69) is 5.32 Å². The van der Waals surface area contributed by atoms with Crippen molar-refractivity contribution in [2.24, 2.45) is 11.1 Å². The summed E-state index contributed by atoms with van der Waals surface area (Å²) in [7, 11) is 0. The third-order valence-corrected chi connectivity index (χ3v) is 5.99. The molecule has 0 saturated heterocycles. The third-order valence-electron chi connectivity index (χ3n) is 5.99. The standard InChI is InChI=1S/C19H24FN3O/c20-16-4-2-1-3-15(16)13-7-10-23(12-13)18(24)22-14-5-8-19(9-6-14)11-17(19)21/h1-4,7,14,17H,5-6,8-12,21H2,(H,22,24). The van der Waals surface area contributed by atoms with Crippen LogP contribution in [-0.2, 0) is 0 Å². The average molecular weight is 329 g/mol. The minimum atomic E-state index is -0.232. The SMILES string of the molecule is NC1CC12CCC(NC(=O)N1CC=C(c3ccccc3F)C1)CC2. The van der Waals surface area contributed by atoms with Crippen molar-refractivity contribution in [2.45, 2.75) is 44.2 Å². The fraction of sp³-hybridized carbons (Fsp3) is 0.526. The number of hydrogen-bond acceptors (Lipinski definition) is 2. The number of carbonyl (C=O) groups is 1. The molecule has 2 fully saturated rings. The summed E-state index contributed by atoms with van der Waals surface area (Å²) in [6.45, 7) is 1.01. The fourth-order valence-corrected chi connectivity index (χ4v) is 4.18. The molecule has 4 rings (SSSR count). The first-order valence-corrected chi connectivity index (χ1v) is 8.82. The van der Waals surface area contributed by atoms with E-state index >= 15 is 0 Å². The summed E-state index contributed by atoms with van der Waals surface area (Å²) in [4.78, 5) is 14.2. The zero-order chi connectivity index (χ0) is 16.7. The summed E-state index contributed by atoms with van der Waals surface area (Å²) in [5.74, 6) is -0.232. The lowest BCUT2D eigenvalue weighted by molar-refractivity contribution is 0.196. The van der Waals surface area contributed by atoms with Crippen LogP contribution in [0.4, 0.5) is 9.18 Å². The van der Waals surface area contributed by atoms with Crippen molar-refractivity contribution >= 4 is 11.6 Å². The molecule has 5 heteroatoms. The number of benzene rings is 1. The van der Waals surface area contributed by atoms with E-state index < -0.39 is 0 Å². The predicted molar refractivity (Wildman–Crippen MR) is 91.8 cm³/mol. The van der Waals surface area contributed by atoms with Gasteiger partial charge in [-0.3, -0.25) is 0 Å². The van der Waals surface area contributed by atoms with Gasteiger partial charge in [0, 0.05) is 30.7 Å². The van der Waals surface area contributed by atoms with E-state index in [4.69, 9.17) is 5.73 Å². The van der Waals surface area contributed by atoms with E-state index in [1.807, 2.05) is 12.1 Å². The lowest BCUT2D eigenvalue weighted by Gasteiger charge is -2.31. The second kappa shape index (κ2) is 5.88. The molecule has 1 unspecified atom stereocenters. The lowest BCUT2D eigenvalue weighted by atomic mass is 9.83. The molecule has 2 saturated carbocycles. The summed E-state index contributed by atoms with van der Waals surface area (Å²) < 4.78 is 13.9. The smallest absolute Gasteiger partial charge is 0.318 e. The summed E-state index contributed by atoms with van der Waals surface area (Å²) in [5.41, 5.74) is 7.89. The molecule has 0 bridgehead atoms. The van der Waals surface area contributed by atoms with Crippen LogP contribution >= 0.6 is 0 Å². The van der Waals surface area contributed by atoms with Crippen LogP contribution in [0.2, 0.25) is 0 Å². The van der Waals surface area contributed by atoms with Crippen LogP contribution in [0.5, 0.6) is 0 Å². The van der Waals surface area contributed by atoms with Crippen molar-refractivity contribution < 1.29 is 9.18 Å². The maximum absolute atomic E-state index is 13.9. The number of hydrogen-bond donors (Lipinski definition) is 2. The maximum atomic E-state index is 13.9. The molecule has 1 spiro atoms. The molecular formula is C19H24FN3O. The molecule has 24 heavy (non-hydrogen) atoms. The van der Waals surface area contributed by atoms with Gasteiger partial charge in [-0.1, -0.05) is 24.3 Å². The van der Waals surface area contributed by atoms with Gasteiger partial charge >= 0.3 is 6.03 Å². The van der Waals surface area contributed by atoms with Gasteiger partial charge < -0.3 is 16.0 Å². The highest BCUT2D eigenvalue weighted by Crippen LogP contribution is 2.55. The van der Waals surface area contributed by atoms with Crippen LogP contribution in [0.1, 0.15) is 37.7 Å². The maximum Gasteiger partial charge on any atom is 0.318 e. The van der Waals surface area contributed by atoms with Gasteiger partial charge in [-0.25, -0.2) is 9.18 Å². The first kappa shape index (κ1) is 15.6. The van der Waals surface area contributed by atoms with Crippen molar-refractivity contribution in [3.63, 3.8) is 0 Å². The summed E-state index contributed by atoms with van der Waals surface area (Å²) in [5, 5.41) is 3.15. The van der Waals surface area contributed by atoms with Gasteiger partial charge in [0.15, 0.2) is 0 Å². The number of amides is 2. The highest BCUT2D eigenvalue weighted by molar-refractivity contribution is 5.81. The molecule has 2 aliphatic carbocycles. The summed E-state index contributed by atoms with van der Waals surface area (Å²) >= 11 is 0. The predicted octanol–water partition coefficient (Wildman–Crippen LogP) is 2.89. The van der Waals surface area contributed by atoms with Gasteiger partial charge in [0.1, 0.15) is 5.82 Å². The van der Waals surface area contributed by atoms with Crippen molar-refractivity contribution in [1.29, 1.82) is 0 Å². The highest BCUT2D eigenvalue weighted by Gasteiger charge is 2.52. The average Bonchev–Trinajstić information content (AvgIpc) is 2.99. The zero-order valence-electron chi connectivity index (χ0n) is 13.8. The van der Waals surface area contributed by atoms with Crippen molar-refractivity contribution in [1.82, 2.24) is 10.2 Å². The molecule has 1 aliphatic heterocycles. The second-order valence-corrected chi connectivity index (χ2v) is 7.49. The van der Waals surface area contributed by atoms with Crippen molar-refractivity contribution in [3.8, 4) is 0 Å². The Labute approximate surface area is 141 Å². The molecule has 128 valence electrons. The number of urea groups is 1. The van der Waals surface area contributed by atoms with Crippen molar-refractivity contribution in [3.05, 3.63) is 41.7 Å². The van der Waals surface area contributed by atoms with Gasteiger partial charge in [0.05, 0.1) is 0 Å². The quantitative estimate of drug-likeness (QED) is 0.876. The van der Waals surface area contributed by atoms with E-state index in [9.17, 15) is 9.18 Å². The molecule has 3 aliphatic rings. The van der Waals surface area contributed by atoms with E-state index in [-0.39, 0.29) is 17.9 Å². The number of rotatable bonds is 2. The minimum absolute atomic E-state index is 0.0429. The van der Waals surface area contributed by atoms with Crippen LogP contribution in [0.3, 0.4) is 0 Å². The molecular weight excluding hydrogens is 305 g/mol. The van der Waals surface area contributed by atoms with E-state index in [1.54, 1.807) is 17.0 Å². The molecule has 0 aromatic heterocycles. The normalized spacial score (nSPS) is 31.9. The van der Waals surface area contributed by atoms with Crippen LogP contribution in [0, 0.1) is 11.2 Å². The third kappa shape index (κ3) is 2.81. The largest absolute Gasteiger partial charge is 0.335 e. The van der Waals surface area contributed by atoms with Crippen molar-refractivity contribution in [2.75, 3.05) is 13.1 Å². The summed E-state index contributed by atoms with van der Waals surface area (Å²) in [6, 6.07) is 7.30. The number of carbonyl (C=O) groups excluding carboxylic acids is 1. The highest BCUT2D eigenvalue weighted by atomic mass is 19.1. The van der Waals surface area contributed by atoms with E-state index in [0.717, 1.165) is 37.7 Å². The Hall–Kier alpha value is -1.88. The first-order chi connectivity index (χ1) is 11.6. The van der Waals surface area contributed by atoms with Crippen LogP contribution in [0.15, 0.2) is 30.3 Å². The lowest BCUT2D eigenvalue weighted by Crippen LogP contribution is -2.45. The van der Waals surface area contributed by atoms with Gasteiger partial charge in [-0.2, -0.15) is 0 Å². The second-order valence-electron chi connectivity index (χ2n) is 7.49. The first-order valence-electron chi connectivity index (χ1n) is 8.82. The Morgan fingerprint density at radius 1 is 1.29 bits per heavy atom. The van der Waals surface area contributed by atoms with Crippen LogP contribution in [0.25, 0.3) is 5.57 Å². The fourth-order valence-electron chi connectivity index (χ4n) is 4.18. The monoisotopic (exact) mass is 329 g/mol. The minimum Gasteiger partial charge on any atom is -0.335 e. The molecule has 0 radical (unpaired) electrons. The van der Waals surface area contributed by atoms with Gasteiger partial charge in [-0.15, -0.1) is 0 Å². The zero-order valence-corrected chi connectivity index (χ0v) is 13.8. The Balaban J connectivity index is 1.30. The molecule has 4 nitrogen and oxygen atoms in total. The Morgan fingerprint density at radius 2 is 2.00 bits per heavy atom. The van der Waals surface area contributed by atoms with E-state index in [1.165, 1.54) is 6.07 Å². The van der Waals surface area contributed by atoms with E-state index in [0.29, 0.717) is 30.1 Å². The number of nitrogens with zero attached hydrogens (tertiary/aromatic N) is 1. The van der Waals surface area contributed by atoms with Gasteiger partial charge in [0.25, 0.3) is 0 Å². The Bertz CT molecular complexity index is 679. The Kier molecular flexibility index (Phi) is 3.83. The molecule has 3 N–H and O–H groups in total. The van der Waals surface area contributed by atoms with Crippen LogP contribution < -0.4 is 11.1 Å². The van der Waals surface area contributed by atoms with Crippen LogP contribution in [-0.4, -0.2) is 36.1 Å². The molecule has 2 amide bonds. The molecule has 1 atom stereocenters. The number of nitrogens with one attached hydrogen (secondary N) is 1. The Morgan fingerprint density at radius 3 is 2.67 bits per heavy atom. The molecule has 1 heterocycles.